The standard InChI is InChI=1S/C45H56N4O11Se/c1-43(2,3)58-38(50)23-22-33(41(53)59-44(4,5)6)47-39(51)36(25-28-16-11-15-21-37(28)61-27-29-17-10-14-20-35(29)49(55)56)57-40(52)34(48-42(54)60-45(7,8)9)24-30-26-46-32-19-13-12-18-31(30)32/h10-21,26,33-34,36,46H,22-25,27H2,1-9H3,(H,47,51)(H,48,54)/t33-,34-,36-/m0/s1. The number of H-pyrrole nitrogens is 1. The van der Waals surface area contributed by atoms with Gasteiger partial charge in [-0.15, -0.1) is 0 Å². The molecule has 0 unspecified atom stereocenters. The number of hydrogen-bond acceptors (Lipinski definition) is 11. The summed E-state index contributed by atoms with van der Waals surface area (Å²) in [7, 11) is 0. The van der Waals surface area contributed by atoms with Crippen LogP contribution in [0.2, 0.25) is 0 Å². The molecule has 0 bridgehead atoms. The first kappa shape index (κ1) is 47.9. The first-order chi connectivity index (χ1) is 28.5. The Morgan fingerprint density at radius 1 is 0.705 bits per heavy atom. The van der Waals surface area contributed by atoms with Crippen molar-refractivity contribution in [3.8, 4) is 0 Å². The Balaban J connectivity index is 1.71. The van der Waals surface area contributed by atoms with E-state index in [9.17, 15) is 34.1 Å². The van der Waals surface area contributed by atoms with Gasteiger partial charge >= 0.3 is 337 Å². The van der Waals surface area contributed by atoms with Gasteiger partial charge in [0.2, 0.25) is 0 Å². The van der Waals surface area contributed by atoms with Gasteiger partial charge in [-0.2, -0.15) is 0 Å². The normalized spacial score (nSPS) is 13.3. The number of nitro groups is 1. The molecule has 0 aliphatic rings. The summed E-state index contributed by atoms with van der Waals surface area (Å²) in [5.74, 6) is -3.23. The van der Waals surface area contributed by atoms with E-state index in [1.165, 1.54) is 6.07 Å². The predicted octanol–water partition coefficient (Wildman–Crippen LogP) is 6.14. The fourth-order valence-corrected chi connectivity index (χ4v) is 8.33. The molecule has 0 saturated heterocycles. The summed E-state index contributed by atoms with van der Waals surface area (Å²) in [5, 5.41) is 18.2. The van der Waals surface area contributed by atoms with Crippen LogP contribution in [-0.2, 0) is 56.3 Å². The second-order valence-electron chi connectivity index (χ2n) is 17.4. The topological polar surface area (TPSA) is 205 Å². The van der Waals surface area contributed by atoms with E-state index in [2.05, 4.69) is 15.6 Å². The number of aromatic amines is 1. The van der Waals surface area contributed by atoms with Gasteiger partial charge < -0.3 is 0 Å². The van der Waals surface area contributed by atoms with Crippen LogP contribution in [0, 0.1) is 10.1 Å². The Hall–Kier alpha value is -5.73. The molecular weight excluding hydrogens is 851 g/mol. The molecule has 0 aliphatic heterocycles. The molecule has 0 aliphatic carbocycles. The van der Waals surface area contributed by atoms with E-state index in [1.54, 1.807) is 105 Å². The number of ether oxygens (including phenoxy) is 4. The Morgan fingerprint density at radius 2 is 1.31 bits per heavy atom. The van der Waals surface area contributed by atoms with E-state index in [1.807, 2.05) is 30.3 Å². The SMILES string of the molecule is CC(C)(C)OC(=O)CC[C@H](NC(=O)[C@H](Cc1ccccc1[Se]Cc1ccccc1[N+](=O)[O-])OC(=O)[C@H](Cc1c[nH]c2ccccc12)NC(=O)OC(C)(C)C)C(=O)OC(C)(C)C. The number of carbonyl (C=O) groups is 5. The van der Waals surface area contributed by atoms with Gasteiger partial charge in [0.15, 0.2) is 0 Å². The first-order valence-corrected chi connectivity index (χ1v) is 22.0. The van der Waals surface area contributed by atoms with Crippen LogP contribution in [0.15, 0.2) is 79.0 Å². The molecule has 1 aromatic heterocycles. The Bertz CT molecular complexity index is 2200. The Morgan fingerprint density at radius 3 is 1.97 bits per heavy atom. The van der Waals surface area contributed by atoms with E-state index < -0.39 is 69.8 Å². The zero-order valence-corrected chi connectivity index (χ0v) is 37.8. The molecule has 3 atom stereocenters. The number of aromatic nitrogens is 1. The summed E-state index contributed by atoms with van der Waals surface area (Å²) < 4.78 is 23.4. The molecule has 2 amide bonds. The molecule has 0 saturated carbocycles. The zero-order valence-electron chi connectivity index (χ0n) is 36.1. The number of benzene rings is 3. The van der Waals surface area contributed by atoms with Crippen molar-refractivity contribution in [1.29, 1.82) is 0 Å². The molecule has 15 nitrogen and oxygen atoms in total. The number of amides is 2. The molecule has 4 aromatic rings. The number of nitrogens with zero attached hydrogens (tertiary/aromatic N) is 1. The van der Waals surface area contributed by atoms with Crippen LogP contribution in [0.25, 0.3) is 10.9 Å². The fraction of sp³-hybridized carbons (Fsp3) is 0.444. The third-order valence-corrected chi connectivity index (χ3v) is 11.1. The van der Waals surface area contributed by atoms with E-state index >= 15 is 0 Å². The number of nitrogens with one attached hydrogen (secondary N) is 3. The van der Waals surface area contributed by atoms with Crippen LogP contribution in [0.4, 0.5) is 10.5 Å². The average Bonchev–Trinajstić information content (AvgIpc) is 3.55. The molecule has 3 N–H and O–H groups in total. The maximum atomic E-state index is 14.5. The molecular formula is C45H56N4O11Se. The number of fused-ring (bicyclic) bond motifs is 1. The molecule has 16 heteroatoms. The van der Waals surface area contributed by atoms with Crippen LogP contribution in [-0.4, -0.2) is 89.8 Å². The van der Waals surface area contributed by atoms with Gasteiger partial charge in [-0.1, -0.05) is 6.07 Å². The molecule has 4 rings (SSSR count). The monoisotopic (exact) mass is 908 g/mol. The van der Waals surface area contributed by atoms with Crippen LogP contribution in [0.5, 0.6) is 0 Å². The van der Waals surface area contributed by atoms with E-state index in [0.717, 1.165) is 15.4 Å². The number of para-hydroxylation sites is 2. The van der Waals surface area contributed by atoms with Crippen LogP contribution < -0.4 is 15.1 Å². The molecule has 0 radical (unpaired) electrons. The maximum absolute atomic E-state index is 14.5. The van der Waals surface area contributed by atoms with Crippen molar-refractivity contribution in [2.45, 2.75) is 128 Å². The number of nitro benzene ring substituents is 1. The summed E-state index contributed by atoms with van der Waals surface area (Å²) in [4.78, 5) is 82.8. The summed E-state index contributed by atoms with van der Waals surface area (Å²) in [6.45, 7) is 15.2. The van der Waals surface area contributed by atoms with Crippen molar-refractivity contribution in [3.05, 3.63) is 106 Å². The number of carbonyl (C=O) groups excluding carboxylic acids is 5. The van der Waals surface area contributed by atoms with E-state index in [-0.39, 0.29) is 46.3 Å². The molecule has 328 valence electrons. The zero-order chi connectivity index (χ0) is 45.1. The first-order valence-electron chi connectivity index (χ1n) is 19.9. The molecule has 0 spiro atoms. The van der Waals surface area contributed by atoms with Gasteiger partial charge in [0.1, 0.15) is 0 Å². The van der Waals surface area contributed by atoms with Gasteiger partial charge in [-0.05, 0) is 20.8 Å². The van der Waals surface area contributed by atoms with Crippen LogP contribution in [0.3, 0.4) is 0 Å². The summed E-state index contributed by atoms with van der Waals surface area (Å²) in [5.41, 5.74) is -0.00250. The quantitative estimate of drug-likeness (QED) is 0.0361. The number of rotatable bonds is 17. The fourth-order valence-electron chi connectivity index (χ4n) is 6.09. The number of hydrogen-bond donors (Lipinski definition) is 3. The van der Waals surface area contributed by atoms with Crippen molar-refractivity contribution in [2.75, 3.05) is 0 Å². The predicted molar refractivity (Wildman–Crippen MR) is 230 cm³/mol. The van der Waals surface area contributed by atoms with Crippen LogP contribution in [0.1, 0.15) is 91.8 Å². The average molecular weight is 908 g/mol. The summed E-state index contributed by atoms with van der Waals surface area (Å²) in [6, 6.07) is 18.4. The van der Waals surface area contributed by atoms with Crippen molar-refractivity contribution < 1.29 is 47.8 Å². The van der Waals surface area contributed by atoms with Gasteiger partial charge in [-0.3, -0.25) is 0 Å². The molecule has 0 fully saturated rings. The van der Waals surface area contributed by atoms with Gasteiger partial charge in [0.25, 0.3) is 0 Å². The van der Waals surface area contributed by atoms with Crippen molar-refractivity contribution in [1.82, 2.24) is 15.6 Å². The molecule has 1 heterocycles. The summed E-state index contributed by atoms with van der Waals surface area (Å²) in [6.07, 6.45) is -1.38. The van der Waals surface area contributed by atoms with Crippen molar-refractivity contribution >= 4 is 65.9 Å². The van der Waals surface area contributed by atoms with E-state index in [0.29, 0.717) is 22.0 Å². The van der Waals surface area contributed by atoms with E-state index in [4.69, 9.17) is 18.9 Å². The number of esters is 3. The Labute approximate surface area is 362 Å². The Kier molecular flexibility index (Phi) is 16.3. The third-order valence-electron chi connectivity index (χ3n) is 8.64. The van der Waals surface area contributed by atoms with Crippen molar-refractivity contribution in [2.24, 2.45) is 0 Å². The van der Waals surface area contributed by atoms with Crippen molar-refractivity contribution in [3.63, 3.8) is 0 Å². The number of alkyl carbamates (subject to hydrolysis) is 1. The van der Waals surface area contributed by atoms with Gasteiger partial charge in [-0.25, -0.2) is 0 Å². The third kappa shape index (κ3) is 15.7. The second-order valence-corrected chi connectivity index (χ2v) is 19.5. The van der Waals surface area contributed by atoms with Crippen LogP contribution >= 0.6 is 0 Å². The minimum absolute atomic E-state index is 0.00802. The minimum atomic E-state index is -1.58. The molecule has 61 heavy (non-hydrogen) atoms. The molecule has 3 aromatic carbocycles. The second kappa shape index (κ2) is 20.7. The summed E-state index contributed by atoms with van der Waals surface area (Å²) >= 11 is -0.379. The van der Waals surface area contributed by atoms with Gasteiger partial charge in [0.05, 0.1) is 0 Å². The van der Waals surface area contributed by atoms with Gasteiger partial charge in [0, 0.05) is 0 Å².